The highest BCUT2D eigenvalue weighted by Gasteiger charge is 2.20. The Morgan fingerprint density at radius 2 is 1.86 bits per heavy atom. The van der Waals surface area contributed by atoms with Crippen LogP contribution >= 0.6 is 0 Å². The Morgan fingerprint density at radius 1 is 1.36 bits per heavy atom. The van der Waals surface area contributed by atoms with Crippen molar-refractivity contribution in [1.29, 1.82) is 0 Å². The topological polar surface area (TPSA) is 78.4 Å². The number of carbonyl (C=O) groups is 2. The molecule has 1 atom stereocenters. The third kappa shape index (κ3) is 6.42. The highest BCUT2D eigenvalue weighted by Crippen LogP contribution is 1.98. The van der Waals surface area contributed by atoms with Crippen molar-refractivity contribution in [2.45, 2.75) is 39.3 Å². The number of amides is 1. The van der Waals surface area contributed by atoms with Crippen molar-refractivity contribution in [2.75, 3.05) is 6.54 Å². The van der Waals surface area contributed by atoms with E-state index in [0.29, 0.717) is 0 Å². The Morgan fingerprint density at radius 3 is 2.14 bits per heavy atom. The summed E-state index contributed by atoms with van der Waals surface area (Å²) in [7, 11) is 0. The van der Waals surface area contributed by atoms with E-state index in [1.165, 1.54) is 6.92 Å². The molecule has 0 saturated heterocycles. The van der Waals surface area contributed by atoms with Crippen LogP contribution in [-0.2, 0) is 9.59 Å². The van der Waals surface area contributed by atoms with E-state index in [1.54, 1.807) is 0 Å². The van der Waals surface area contributed by atoms with Crippen molar-refractivity contribution in [2.24, 2.45) is 0 Å². The maximum Gasteiger partial charge on any atom is 0.327 e. The van der Waals surface area contributed by atoms with Crippen LogP contribution in [0.25, 0.3) is 0 Å². The molecule has 0 radical (unpaired) electrons. The molecule has 5 nitrogen and oxygen atoms in total. The van der Waals surface area contributed by atoms with E-state index in [9.17, 15) is 9.59 Å². The molecule has 0 heterocycles. The SMILES string of the molecule is CC(=O)NC(CNC(C)(C)C)C(=O)O. The van der Waals surface area contributed by atoms with E-state index in [2.05, 4.69) is 10.6 Å². The van der Waals surface area contributed by atoms with Gasteiger partial charge < -0.3 is 15.7 Å². The van der Waals surface area contributed by atoms with Crippen LogP contribution in [0.2, 0.25) is 0 Å². The van der Waals surface area contributed by atoms with Gasteiger partial charge in [-0.25, -0.2) is 4.79 Å². The third-order valence-electron chi connectivity index (χ3n) is 1.51. The van der Waals surface area contributed by atoms with Gasteiger partial charge in [-0.2, -0.15) is 0 Å². The fraction of sp³-hybridized carbons (Fsp3) is 0.778. The predicted octanol–water partition coefficient (Wildman–Crippen LogP) is -0.0362. The van der Waals surface area contributed by atoms with Crippen molar-refractivity contribution in [3.05, 3.63) is 0 Å². The quantitative estimate of drug-likeness (QED) is 0.598. The molecule has 14 heavy (non-hydrogen) atoms. The molecule has 1 unspecified atom stereocenters. The molecular formula is C9H18N2O3. The van der Waals surface area contributed by atoms with Gasteiger partial charge in [0.1, 0.15) is 6.04 Å². The summed E-state index contributed by atoms with van der Waals surface area (Å²) < 4.78 is 0. The van der Waals surface area contributed by atoms with E-state index >= 15 is 0 Å². The number of hydrogen-bond donors (Lipinski definition) is 3. The normalized spacial score (nSPS) is 13.4. The number of carboxylic acids is 1. The molecule has 0 aliphatic rings. The maximum atomic E-state index is 10.7. The number of carbonyl (C=O) groups excluding carboxylic acids is 1. The van der Waals surface area contributed by atoms with Crippen LogP contribution in [0.4, 0.5) is 0 Å². The first kappa shape index (κ1) is 12.9. The molecule has 0 aliphatic heterocycles. The molecule has 82 valence electrons. The lowest BCUT2D eigenvalue weighted by Gasteiger charge is -2.23. The molecule has 0 aliphatic carbocycles. The summed E-state index contributed by atoms with van der Waals surface area (Å²) in [4.78, 5) is 21.4. The molecule has 1 amide bonds. The molecule has 0 saturated carbocycles. The summed E-state index contributed by atoms with van der Waals surface area (Å²) in [5.74, 6) is -1.37. The zero-order valence-corrected chi connectivity index (χ0v) is 9.05. The average molecular weight is 202 g/mol. The van der Waals surface area contributed by atoms with Gasteiger partial charge in [-0.15, -0.1) is 0 Å². The summed E-state index contributed by atoms with van der Waals surface area (Å²) in [5.41, 5.74) is -0.161. The number of carboxylic acid groups (broad SMARTS) is 1. The van der Waals surface area contributed by atoms with Gasteiger partial charge in [0, 0.05) is 19.0 Å². The second-order valence-electron chi connectivity index (χ2n) is 4.22. The Hall–Kier alpha value is -1.10. The van der Waals surface area contributed by atoms with Gasteiger partial charge in [-0.3, -0.25) is 4.79 Å². The average Bonchev–Trinajstić information content (AvgIpc) is 1.94. The van der Waals surface area contributed by atoms with Gasteiger partial charge in [0.05, 0.1) is 0 Å². The Kier molecular flexibility index (Phi) is 4.56. The van der Waals surface area contributed by atoms with Crippen molar-refractivity contribution in [1.82, 2.24) is 10.6 Å². The van der Waals surface area contributed by atoms with Gasteiger partial charge in [0.25, 0.3) is 0 Å². The first-order valence-electron chi connectivity index (χ1n) is 4.47. The lowest BCUT2D eigenvalue weighted by atomic mass is 10.1. The van der Waals surface area contributed by atoms with Gasteiger partial charge >= 0.3 is 5.97 Å². The lowest BCUT2D eigenvalue weighted by molar-refractivity contribution is -0.141. The minimum Gasteiger partial charge on any atom is -0.480 e. The fourth-order valence-electron chi connectivity index (χ4n) is 0.854. The van der Waals surface area contributed by atoms with Crippen LogP contribution in [0.5, 0.6) is 0 Å². The van der Waals surface area contributed by atoms with Crippen LogP contribution in [0, 0.1) is 0 Å². The summed E-state index contributed by atoms with van der Waals surface area (Å²) in [6, 6.07) is -0.869. The Labute approximate surface area is 83.9 Å². The number of hydrogen-bond acceptors (Lipinski definition) is 3. The molecule has 5 heteroatoms. The van der Waals surface area contributed by atoms with Gasteiger partial charge in [-0.05, 0) is 20.8 Å². The summed E-state index contributed by atoms with van der Waals surface area (Å²) in [6.07, 6.45) is 0. The standard InChI is InChI=1S/C9H18N2O3/c1-6(12)11-7(8(13)14)5-10-9(2,3)4/h7,10H,5H2,1-4H3,(H,11,12)(H,13,14). The molecule has 3 N–H and O–H groups in total. The molecule has 0 aromatic heterocycles. The highest BCUT2D eigenvalue weighted by atomic mass is 16.4. The Balaban J connectivity index is 4.11. The fourth-order valence-corrected chi connectivity index (χ4v) is 0.854. The second-order valence-corrected chi connectivity index (χ2v) is 4.22. The van der Waals surface area contributed by atoms with Crippen LogP contribution in [0.15, 0.2) is 0 Å². The van der Waals surface area contributed by atoms with Crippen molar-refractivity contribution < 1.29 is 14.7 Å². The number of aliphatic carboxylic acids is 1. The smallest absolute Gasteiger partial charge is 0.327 e. The van der Waals surface area contributed by atoms with E-state index < -0.39 is 12.0 Å². The van der Waals surface area contributed by atoms with Crippen LogP contribution in [0.3, 0.4) is 0 Å². The van der Waals surface area contributed by atoms with Crippen LogP contribution in [0.1, 0.15) is 27.7 Å². The molecule has 0 fully saturated rings. The van der Waals surface area contributed by atoms with E-state index in [0.717, 1.165) is 0 Å². The van der Waals surface area contributed by atoms with Gasteiger partial charge in [-0.1, -0.05) is 0 Å². The zero-order valence-electron chi connectivity index (χ0n) is 9.05. The highest BCUT2D eigenvalue weighted by molar-refractivity contribution is 5.82. The van der Waals surface area contributed by atoms with Crippen molar-refractivity contribution >= 4 is 11.9 Å². The van der Waals surface area contributed by atoms with Crippen LogP contribution in [-0.4, -0.2) is 35.1 Å². The zero-order chi connectivity index (χ0) is 11.4. The first-order valence-corrected chi connectivity index (χ1v) is 4.47. The molecule has 0 spiro atoms. The number of rotatable bonds is 4. The second kappa shape index (κ2) is 4.95. The summed E-state index contributed by atoms with van der Waals surface area (Å²) >= 11 is 0. The minimum absolute atomic E-state index is 0.161. The predicted molar refractivity (Wildman–Crippen MR) is 53.0 cm³/mol. The summed E-state index contributed by atoms with van der Waals surface area (Å²) in [5, 5.41) is 14.1. The van der Waals surface area contributed by atoms with E-state index in [1.807, 2.05) is 20.8 Å². The monoisotopic (exact) mass is 202 g/mol. The molecular weight excluding hydrogens is 184 g/mol. The maximum absolute atomic E-state index is 10.7. The molecule has 0 aromatic carbocycles. The van der Waals surface area contributed by atoms with E-state index in [-0.39, 0.29) is 18.0 Å². The van der Waals surface area contributed by atoms with Crippen molar-refractivity contribution in [3.63, 3.8) is 0 Å². The largest absolute Gasteiger partial charge is 0.480 e. The Bertz CT molecular complexity index is 221. The van der Waals surface area contributed by atoms with Gasteiger partial charge in [0.15, 0.2) is 0 Å². The summed E-state index contributed by atoms with van der Waals surface area (Å²) in [6.45, 7) is 7.31. The minimum atomic E-state index is -1.03. The van der Waals surface area contributed by atoms with Crippen molar-refractivity contribution in [3.8, 4) is 0 Å². The number of nitrogens with one attached hydrogen (secondary N) is 2. The first-order chi connectivity index (χ1) is 6.22. The van der Waals surface area contributed by atoms with Crippen LogP contribution < -0.4 is 10.6 Å². The molecule has 0 rings (SSSR count). The third-order valence-corrected chi connectivity index (χ3v) is 1.51. The van der Waals surface area contributed by atoms with Gasteiger partial charge in [0.2, 0.25) is 5.91 Å². The molecule has 0 bridgehead atoms. The van der Waals surface area contributed by atoms with E-state index in [4.69, 9.17) is 5.11 Å². The molecule has 0 aromatic rings. The lowest BCUT2D eigenvalue weighted by Crippen LogP contribution is -2.50.